The molecule has 1 fully saturated rings. The summed E-state index contributed by atoms with van der Waals surface area (Å²) in [5.74, 6) is 0.332. The van der Waals surface area contributed by atoms with Gasteiger partial charge in [-0.15, -0.1) is 0 Å². The summed E-state index contributed by atoms with van der Waals surface area (Å²) >= 11 is 0. The fraction of sp³-hybridized carbons (Fsp3) is 0.429. The highest BCUT2D eigenvalue weighted by molar-refractivity contribution is 5.93. The predicted octanol–water partition coefficient (Wildman–Crippen LogP) is 1.47. The first-order valence-corrected chi connectivity index (χ1v) is 6.72. The van der Waals surface area contributed by atoms with Crippen molar-refractivity contribution in [1.82, 2.24) is 5.32 Å². The first kappa shape index (κ1) is 14.3. The van der Waals surface area contributed by atoms with E-state index in [1.54, 1.807) is 0 Å². The minimum absolute atomic E-state index is 0.0547. The Morgan fingerprint density at radius 2 is 2.05 bits per heavy atom. The van der Waals surface area contributed by atoms with Crippen LogP contribution in [0, 0.1) is 11.7 Å². The van der Waals surface area contributed by atoms with E-state index in [0.29, 0.717) is 11.6 Å². The fourth-order valence-corrected chi connectivity index (χ4v) is 1.89. The summed E-state index contributed by atoms with van der Waals surface area (Å²) in [7, 11) is 0. The van der Waals surface area contributed by atoms with Crippen LogP contribution in [0.15, 0.2) is 29.3 Å². The summed E-state index contributed by atoms with van der Waals surface area (Å²) in [5, 5.41) is 5.63. The van der Waals surface area contributed by atoms with E-state index in [1.165, 1.54) is 43.5 Å². The fourth-order valence-electron chi connectivity index (χ4n) is 1.89. The number of benzene rings is 1. The van der Waals surface area contributed by atoms with Crippen LogP contribution in [0.5, 0.6) is 0 Å². The van der Waals surface area contributed by atoms with Gasteiger partial charge in [0.1, 0.15) is 12.4 Å². The molecular weight excluding hydrogens is 259 g/mol. The molecule has 0 spiro atoms. The molecule has 0 radical (unpaired) electrons. The van der Waals surface area contributed by atoms with Gasteiger partial charge in [-0.25, -0.2) is 9.38 Å². The van der Waals surface area contributed by atoms with E-state index in [1.807, 2.05) is 0 Å². The number of nitrogens with two attached hydrogens (primary N) is 1. The van der Waals surface area contributed by atoms with Crippen molar-refractivity contribution in [3.8, 4) is 0 Å². The Labute approximate surface area is 117 Å². The zero-order valence-corrected chi connectivity index (χ0v) is 11.2. The number of aliphatic imine (C=N–C) groups is 1. The number of amides is 1. The molecule has 0 saturated heterocycles. The SMILES string of the molecule is NC(=NCC(=O)Nc1ccc(F)cc1)NCC1CCC1. The lowest BCUT2D eigenvalue weighted by molar-refractivity contribution is -0.114. The van der Waals surface area contributed by atoms with Gasteiger partial charge in [0.2, 0.25) is 5.91 Å². The largest absolute Gasteiger partial charge is 0.370 e. The molecule has 0 aromatic heterocycles. The van der Waals surface area contributed by atoms with Gasteiger partial charge in [0.15, 0.2) is 5.96 Å². The molecule has 1 amide bonds. The molecule has 1 aliphatic rings. The summed E-state index contributed by atoms with van der Waals surface area (Å²) in [6, 6.07) is 5.56. The Bertz CT molecular complexity index is 482. The van der Waals surface area contributed by atoms with Crippen molar-refractivity contribution in [1.29, 1.82) is 0 Å². The molecule has 1 saturated carbocycles. The first-order valence-electron chi connectivity index (χ1n) is 6.72. The molecule has 20 heavy (non-hydrogen) atoms. The lowest BCUT2D eigenvalue weighted by atomic mass is 9.85. The molecule has 4 N–H and O–H groups in total. The molecule has 0 aliphatic heterocycles. The molecule has 0 unspecified atom stereocenters. The van der Waals surface area contributed by atoms with Crippen LogP contribution < -0.4 is 16.4 Å². The lowest BCUT2D eigenvalue weighted by Crippen LogP contribution is -2.37. The minimum atomic E-state index is -0.342. The second kappa shape index (κ2) is 6.88. The molecule has 0 atom stereocenters. The number of nitrogens with zero attached hydrogens (tertiary/aromatic N) is 1. The zero-order chi connectivity index (χ0) is 14.4. The third kappa shape index (κ3) is 4.53. The monoisotopic (exact) mass is 278 g/mol. The minimum Gasteiger partial charge on any atom is -0.370 e. The molecule has 2 rings (SSSR count). The van der Waals surface area contributed by atoms with E-state index in [0.717, 1.165) is 6.54 Å². The van der Waals surface area contributed by atoms with Crippen LogP contribution in [0.25, 0.3) is 0 Å². The van der Waals surface area contributed by atoms with Gasteiger partial charge >= 0.3 is 0 Å². The molecule has 1 aromatic carbocycles. The highest BCUT2D eigenvalue weighted by atomic mass is 19.1. The third-order valence-corrected chi connectivity index (χ3v) is 3.32. The highest BCUT2D eigenvalue weighted by Gasteiger charge is 2.16. The maximum absolute atomic E-state index is 12.7. The van der Waals surface area contributed by atoms with Crippen molar-refractivity contribution < 1.29 is 9.18 Å². The number of rotatable bonds is 5. The molecule has 6 heteroatoms. The Balaban J connectivity index is 1.71. The van der Waals surface area contributed by atoms with Gasteiger partial charge in [-0.2, -0.15) is 0 Å². The quantitative estimate of drug-likeness (QED) is 0.563. The zero-order valence-electron chi connectivity index (χ0n) is 11.2. The lowest BCUT2D eigenvalue weighted by Gasteiger charge is -2.25. The Morgan fingerprint density at radius 3 is 2.65 bits per heavy atom. The van der Waals surface area contributed by atoms with Crippen molar-refractivity contribution in [3.05, 3.63) is 30.1 Å². The maximum Gasteiger partial charge on any atom is 0.246 e. The van der Waals surface area contributed by atoms with Crippen LogP contribution in [-0.2, 0) is 4.79 Å². The number of nitrogens with one attached hydrogen (secondary N) is 2. The summed E-state index contributed by atoms with van der Waals surface area (Å²) in [6.45, 7) is 0.760. The second-order valence-electron chi connectivity index (χ2n) is 4.93. The van der Waals surface area contributed by atoms with Crippen LogP contribution >= 0.6 is 0 Å². The average Bonchev–Trinajstić information content (AvgIpc) is 2.37. The van der Waals surface area contributed by atoms with Crippen molar-refractivity contribution in [2.24, 2.45) is 16.6 Å². The molecule has 108 valence electrons. The van der Waals surface area contributed by atoms with E-state index in [4.69, 9.17) is 5.73 Å². The summed E-state index contributed by atoms with van der Waals surface area (Å²) in [5.41, 5.74) is 6.21. The molecule has 5 nitrogen and oxygen atoms in total. The van der Waals surface area contributed by atoms with Crippen molar-refractivity contribution in [2.75, 3.05) is 18.4 Å². The number of hydrogen-bond donors (Lipinski definition) is 3. The van der Waals surface area contributed by atoms with E-state index in [9.17, 15) is 9.18 Å². The highest BCUT2D eigenvalue weighted by Crippen LogP contribution is 2.24. The predicted molar refractivity (Wildman–Crippen MR) is 76.9 cm³/mol. The van der Waals surface area contributed by atoms with E-state index >= 15 is 0 Å². The number of anilines is 1. The molecule has 1 aromatic rings. The number of halogens is 1. The molecular formula is C14H19FN4O. The molecule has 1 aliphatic carbocycles. The van der Waals surface area contributed by atoms with Gasteiger partial charge in [-0.3, -0.25) is 4.79 Å². The Kier molecular flexibility index (Phi) is 4.92. The van der Waals surface area contributed by atoms with Crippen LogP contribution in [0.1, 0.15) is 19.3 Å². The van der Waals surface area contributed by atoms with Gasteiger partial charge in [-0.05, 0) is 43.0 Å². The van der Waals surface area contributed by atoms with Crippen molar-refractivity contribution in [3.63, 3.8) is 0 Å². The summed E-state index contributed by atoms with van der Waals surface area (Å²) in [4.78, 5) is 15.6. The first-order chi connectivity index (χ1) is 9.63. The topological polar surface area (TPSA) is 79.5 Å². The number of carbonyl (C=O) groups excluding carboxylic acids is 1. The van der Waals surface area contributed by atoms with Gasteiger partial charge in [-0.1, -0.05) is 6.42 Å². The van der Waals surface area contributed by atoms with Crippen LogP contribution in [-0.4, -0.2) is 25.0 Å². The number of guanidine groups is 1. The van der Waals surface area contributed by atoms with Crippen LogP contribution in [0.2, 0.25) is 0 Å². The van der Waals surface area contributed by atoms with Crippen molar-refractivity contribution >= 4 is 17.6 Å². The van der Waals surface area contributed by atoms with Gasteiger partial charge in [0.25, 0.3) is 0 Å². The average molecular weight is 278 g/mol. The molecule has 0 bridgehead atoms. The second-order valence-corrected chi connectivity index (χ2v) is 4.93. The third-order valence-electron chi connectivity index (χ3n) is 3.32. The van der Waals surface area contributed by atoms with E-state index in [2.05, 4.69) is 15.6 Å². The maximum atomic E-state index is 12.7. The Morgan fingerprint density at radius 1 is 1.35 bits per heavy atom. The van der Waals surface area contributed by atoms with Gasteiger partial charge in [0, 0.05) is 12.2 Å². The smallest absolute Gasteiger partial charge is 0.246 e. The van der Waals surface area contributed by atoms with Gasteiger partial charge < -0.3 is 16.4 Å². The van der Waals surface area contributed by atoms with Crippen molar-refractivity contribution in [2.45, 2.75) is 19.3 Å². The summed E-state index contributed by atoms with van der Waals surface area (Å²) < 4.78 is 12.7. The van der Waals surface area contributed by atoms with Gasteiger partial charge in [0.05, 0.1) is 0 Å². The van der Waals surface area contributed by atoms with Crippen LogP contribution in [0.3, 0.4) is 0 Å². The van der Waals surface area contributed by atoms with E-state index < -0.39 is 0 Å². The number of hydrogen-bond acceptors (Lipinski definition) is 2. The standard InChI is InChI=1S/C14H19FN4O/c15-11-4-6-12(7-5-11)19-13(20)9-18-14(16)17-8-10-2-1-3-10/h4-7,10H,1-3,8-9H2,(H,19,20)(H3,16,17,18). The Hall–Kier alpha value is -2.11. The van der Waals surface area contributed by atoms with E-state index in [-0.39, 0.29) is 24.2 Å². The number of carbonyl (C=O) groups is 1. The van der Waals surface area contributed by atoms with Crippen LogP contribution in [0.4, 0.5) is 10.1 Å². The molecule has 0 heterocycles. The normalized spacial score (nSPS) is 15.6. The summed E-state index contributed by atoms with van der Waals surface area (Å²) in [6.07, 6.45) is 3.74.